The first kappa shape index (κ1) is 17.1. The molecule has 3 heteroatoms. The van der Waals surface area contributed by atoms with Crippen molar-refractivity contribution < 1.29 is 9.53 Å². The van der Waals surface area contributed by atoms with E-state index in [1.54, 1.807) is 0 Å². The summed E-state index contributed by atoms with van der Waals surface area (Å²) in [5.41, 5.74) is 5.21. The smallest absolute Gasteiger partial charge is 0.265 e. The van der Waals surface area contributed by atoms with Gasteiger partial charge in [-0.3, -0.25) is 4.79 Å². The minimum absolute atomic E-state index is 0.107. The van der Waals surface area contributed by atoms with E-state index in [9.17, 15) is 4.79 Å². The van der Waals surface area contributed by atoms with Gasteiger partial charge in [0, 0.05) is 5.69 Å². The predicted octanol–water partition coefficient (Wildman–Crippen LogP) is 4.72. The highest BCUT2D eigenvalue weighted by atomic mass is 16.5. The molecule has 0 aliphatic rings. The van der Waals surface area contributed by atoms with E-state index in [0.29, 0.717) is 6.42 Å². The minimum atomic E-state index is -0.504. The van der Waals surface area contributed by atoms with Gasteiger partial charge in [0.2, 0.25) is 0 Å². The third-order valence-electron chi connectivity index (χ3n) is 3.99. The van der Waals surface area contributed by atoms with Crippen LogP contribution in [-0.4, -0.2) is 12.0 Å². The second kappa shape index (κ2) is 7.32. The van der Waals surface area contributed by atoms with Crippen LogP contribution in [0, 0.1) is 27.7 Å². The number of hydrogen-bond donors (Lipinski definition) is 1. The number of rotatable bonds is 5. The van der Waals surface area contributed by atoms with Gasteiger partial charge < -0.3 is 10.1 Å². The number of ether oxygens (including phenoxy) is 1. The zero-order chi connectivity index (χ0) is 17.0. The van der Waals surface area contributed by atoms with Gasteiger partial charge in [0.05, 0.1) is 0 Å². The average Bonchev–Trinajstić information content (AvgIpc) is 2.50. The van der Waals surface area contributed by atoms with Crippen molar-refractivity contribution in [2.75, 3.05) is 5.32 Å². The summed E-state index contributed by atoms with van der Waals surface area (Å²) in [5.74, 6) is 0.656. The Labute approximate surface area is 138 Å². The van der Waals surface area contributed by atoms with E-state index in [4.69, 9.17) is 4.74 Å². The van der Waals surface area contributed by atoms with Gasteiger partial charge >= 0.3 is 0 Å². The van der Waals surface area contributed by atoms with Crippen LogP contribution in [0.5, 0.6) is 5.75 Å². The maximum absolute atomic E-state index is 12.6. The number of hydrogen-bond acceptors (Lipinski definition) is 2. The molecule has 0 spiro atoms. The molecule has 2 rings (SSSR count). The predicted molar refractivity (Wildman–Crippen MR) is 95.2 cm³/mol. The quantitative estimate of drug-likeness (QED) is 0.868. The molecule has 0 fully saturated rings. The van der Waals surface area contributed by atoms with Crippen molar-refractivity contribution in [3.63, 3.8) is 0 Å². The van der Waals surface area contributed by atoms with E-state index in [1.807, 2.05) is 65.0 Å². The van der Waals surface area contributed by atoms with Crippen LogP contribution in [0.2, 0.25) is 0 Å². The van der Waals surface area contributed by atoms with Crippen LogP contribution < -0.4 is 10.1 Å². The molecule has 0 aliphatic carbocycles. The molecule has 0 aromatic heterocycles. The average molecular weight is 311 g/mol. The molecule has 23 heavy (non-hydrogen) atoms. The molecule has 1 atom stereocenters. The molecule has 2 aromatic carbocycles. The summed E-state index contributed by atoms with van der Waals surface area (Å²) >= 11 is 0. The number of nitrogens with one attached hydrogen (secondary N) is 1. The van der Waals surface area contributed by atoms with Gasteiger partial charge in [-0.2, -0.15) is 0 Å². The number of para-hydroxylation sites is 1. The summed E-state index contributed by atoms with van der Waals surface area (Å²) in [6.45, 7) is 9.99. The molecule has 0 radical (unpaired) electrons. The number of carbonyl (C=O) groups is 1. The van der Waals surface area contributed by atoms with E-state index < -0.39 is 6.10 Å². The van der Waals surface area contributed by atoms with Crippen LogP contribution in [0.15, 0.2) is 36.4 Å². The molecule has 1 N–H and O–H groups in total. The Kier molecular flexibility index (Phi) is 5.43. The zero-order valence-electron chi connectivity index (χ0n) is 14.6. The highest BCUT2D eigenvalue weighted by molar-refractivity contribution is 5.95. The Morgan fingerprint density at radius 2 is 1.70 bits per heavy atom. The fourth-order valence-electron chi connectivity index (χ4n) is 2.62. The molecule has 1 unspecified atom stereocenters. The van der Waals surface area contributed by atoms with E-state index in [0.717, 1.165) is 28.1 Å². The fourth-order valence-corrected chi connectivity index (χ4v) is 2.62. The maximum Gasteiger partial charge on any atom is 0.265 e. The molecule has 3 nitrogen and oxygen atoms in total. The summed E-state index contributed by atoms with van der Waals surface area (Å²) in [4.78, 5) is 12.6. The van der Waals surface area contributed by atoms with E-state index >= 15 is 0 Å². The Morgan fingerprint density at radius 3 is 2.26 bits per heavy atom. The standard InChI is InChI=1S/C20H25NO2/c1-6-17(23-18-11-10-13(2)12-16(18)5)20(22)21-19-14(3)8-7-9-15(19)4/h7-12,17H,6H2,1-5H3,(H,21,22). The first-order valence-electron chi connectivity index (χ1n) is 8.03. The van der Waals surface area contributed by atoms with Crippen LogP contribution in [0.1, 0.15) is 35.6 Å². The number of amides is 1. The van der Waals surface area contributed by atoms with Crippen LogP contribution in [0.3, 0.4) is 0 Å². The van der Waals surface area contributed by atoms with Crippen molar-refractivity contribution in [2.45, 2.75) is 47.1 Å². The lowest BCUT2D eigenvalue weighted by molar-refractivity contribution is -0.122. The largest absolute Gasteiger partial charge is 0.480 e. The molecular weight excluding hydrogens is 286 g/mol. The highest BCUT2D eigenvalue weighted by Gasteiger charge is 2.20. The Morgan fingerprint density at radius 1 is 1.04 bits per heavy atom. The third-order valence-corrected chi connectivity index (χ3v) is 3.99. The second-order valence-electron chi connectivity index (χ2n) is 6.04. The van der Waals surface area contributed by atoms with Crippen molar-refractivity contribution in [2.24, 2.45) is 0 Å². The zero-order valence-corrected chi connectivity index (χ0v) is 14.6. The van der Waals surface area contributed by atoms with Crippen LogP contribution in [0.25, 0.3) is 0 Å². The lowest BCUT2D eigenvalue weighted by Gasteiger charge is -2.20. The molecule has 1 amide bonds. The van der Waals surface area contributed by atoms with Crippen LogP contribution >= 0.6 is 0 Å². The number of anilines is 1. The monoisotopic (exact) mass is 311 g/mol. The summed E-state index contributed by atoms with van der Waals surface area (Å²) in [7, 11) is 0. The molecule has 2 aromatic rings. The first-order valence-corrected chi connectivity index (χ1v) is 8.03. The summed E-state index contributed by atoms with van der Waals surface area (Å²) in [6.07, 6.45) is 0.111. The second-order valence-corrected chi connectivity index (χ2v) is 6.04. The van der Waals surface area contributed by atoms with Gasteiger partial charge in [0.1, 0.15) is 5.75 Å². The molecule has 0 saturated heterocycles. The van der Waals surface area contributed by atoms with Crippen LogP contribution in [0.4, 0.5) is 5.69 Å². The summed E-state index contributed by atoms with van der Waals surface area (Å²) in [5, 5.41) is 3.02. The van der Waals surface area contributed by atoms with E-state index in [1.165, 1.54) is 5.56 Å². The van der Waals surface area contributed by atoms with Gasteiger partial charge in [-0.15, -0.1) is 0 Å². The van der Waals surface area contributed by atoms with Crippen molar-refractivity contribution in [1.82, 2.24) is 0 Å². The summed E-state index contributed by atoms with van der Waals surface area (Å²) in [6, 6.07) is 12.0. The minimum Gasteiger partial charge on any atom is -0.480 e. The molecule has 0 bridgehead atoms. The fraction of sp³-hybridized carbons (Fsp3) is 0.350. The van der Waals surface area contributed by atoms with E-state index in [2.05, 4.69) is 11.4 Å². The first-order chi connectivity index (χ1) is 10.9. The number of carbonyl (C=O) groups excluding carboxylic acids is 1. The van der Waals surface area contributed by atoms with Gasteiger partial charge in [-0.1, -0.05) is 42.8 Å². The lowest BCUT2D eigenvalue weighted by atomic mass is 10.1. The molecule has 0 aliphatic heterocycles. The SMILES string of the molecule is CCC(Oc1ccc(C)cc1C)C(=O)Nc1c(C)cccc1C. The van der Waals surface area contributed by atoms with Crippen molar-refractivity contribution in [1.29, 1.82) is 0 Å². The highest BCUT2D eigenvalue weighted by Crippen LogP contribution is 2.23. The van der Waals surface area contributed by atoms with Crippen molar-refractivity contribution in [3.05, 3.63) is 58.7 Å². The Hall–Kier alpha value is -2.29. The van der Waals surface area contributed by atoms with E-state index in [-0.39, 0.29) is 5.91 Å². The molecule has 0 heterocycles. The van der Waals surface area contributed by atoms with Crippen LogP contribution in [-0.2, 0) is 4.79 Å². The van der Waals surface area contributed by atoms with Gasteiger partial charge in [-0.05, 0) is 56.9 Å². The Bertz CT molecular complexity index is 687. The van der Waals surface area contributed by atoms with Gasteiger partial charge in [0.25, 0.3) is 5.91 Å². The third kappa shape index (κ3) is 4.13. The lowest BCUT2D eigenvalue weighted by Crippen LogP contribution is -2.33. The molecular formula is C20H25NO2. The van der Waals surface area contributed by atoms with Crippen molar-refractivity contribution in [3.8, 4) is 5.75 Å². The summed E-state index contributed by atoms with van der Waals surface area (Å²) < 4.78 is 5.95. The van der Waals surface area contributed by atoms with Gasteiger partial charge in [-0.25, -0.2) is 0 Å². The maximum atomic E-state index is 12.6. The van der Waals surface area contributed by atoms with Gasteiger partial charge in [0.15, 0.2) is 6.10 Å². The topological polar surface area (TPSA) is 38.3 Å². The Balaban J connectivity index is 2.15. The number of aryl methyl sites for hydroxylation is 4. The molecule has 0 saturated carbocycles. The molecule has 122 valence electrons. The van der Waals surface area contributed by atoms with Crippen molar-refractivity contribution >= 4 is 11.6 Å². The number of benzene rings is 2. The normalized spacial score (nSPS) is 11.9.